The van der Waals surface area contributed by atoms with E-state index in [-0.39, 0.29) is 5.79 Å². The molecule has 2 fully saturated rings. The zero-order valence-electron chi connectivity index (χ0n) is 15.2. The number of hydrogen-bond acceptors (Lipinski definition) is 6. The number of piperidine rings is 1. The number of ether oxygens (including phenoxy) is 3. The predicted octanol–water partition coefficient (Wildman–Crippen LogP) is 2.77. The van der Waals surface area contributed by atoms with Crippen molar-refractivity contribution in [2.24, 2.45) is 0 Å². The highest BCUT2D eigenvalue weighted by Crippen LogP contribution is 2.32. The van der Waals surface area contributed by atoms with Crippen molar-refractivity contribution in [1.82, 2.24) is 9.88 Å². The molecule has 7 heteroatoms. The molecule has 0 radical (unpaired) electrons. The second-order valence-corrected chi connectivity index (χ2v) is 7.54. The number of nitrogens with one attached hydrogen (secondary N) is 1. The highest BCUT2D eigenvalue weighted by Gasteiger charge is 2.39. The molecule has 1 aromatic rings. The van der Waals surface area contributed by atoms with Crippen LogP contribution >= 0.6 is 0 Å². The van der Waals surface area contributed by atoms with E-state index >= 15 is 0 Å². The molecule has 25 heavy (non-hydrogen) atoms. The zero-order valence-corrected chi connectivity index (χ0v) is 15.2. The van der Waals surface area contributed by atoms with Crippen LogP contribution in [0, 0.1) is 0 Å². The van der Waals surface area contributed by atoms with Gasteiger partial charge in [-0.25, -0.2) is 4.79 Å². The van der Waals surface area contributed by atoms with Crippen LogP contribution in [0.5, 0.6) is 0 Å². The second-order valence-electron chi connectivity index (χ2n) is 7.54. The van der Waals surface area contributed by atoms with E-state index in [0.717, 1.165) is 38.0 Å². The van der Waals surface area contributed by atoms with Crippen molar-refractivity contribution >= 4 is 11.8 Å². The number of aromatic nitrogens is 1. The number of carbonyl (C=O) groups excluding carboxylic acids is 1. The fourth-order valence-corrected chi connectivity index (χ4v) is 3.17. The van der Waals surface area contributed by atoms with E-state index in [9.17, 15) is 4.79 Å². The van der Waals surface area contributed by atoms with Crippen molar-refractivity contribution in [2.45, 2.75) is 51.5 Å². The molecule has 0 saturated carbocycles. The third kappa shape index (κ3) is 4.90. The number of pyridine rings is 1. The molecule has 1 spiro atoms. The monoisotopic (exact) mass is 349 g/mol. The average molecular weight is 349 g/mol. The maximum atomic E-state index is 12.0. The van der Waals surface area contributed by atoms with Gasteiger partial charge in [-0.2, -0.15) is 0 Å². The Hall–Kier alpha value is -1.70. The van der Waals surface area contributed by atoms with Crippen LogP contribution in [0.25, 0.3) is 0 Å². The van der Waals surface area contributed by atoms with E-state index in [4.69, 9.17) is 14.2 Å². The molecule has 3 heterocycles. The van der Waals surface area contributed by atoms with E-state index in [1.165, 1.54) is 0 Å². The fraction of sp³-hybridized carbons (Fsp3) is 0.667. The van der Waals surface area contributed by atoms with Gasteiger partial charge in [-0.3, -0.25) is 15.2 Å². The first-order chi connectivity index (χ1) is 11.9. The van der Waals surface area contributed by atoms with Crippen LogP contribution in [0.1, 0.15) is 39.2 Å². The Morgan fingerprint density at radius 2 is 2.00 bits per heavy atom. The Morgan fingerprint density at radius 3 is 2.64 bits per heavy atom. The molecule has 0 unspecified atom stereocenters. The van der Waals surface area contributed by atoms with Crippen molar-refractivity contribution in [3.05, 3.63) is 24.0 Å². The van der Waals surface area contributed by atoms with E-state index in [0.29, 0.717) is 18.9 Å². The van der Waals surface area contributed by atoms with Crippen LogP contribution in [0.15, 0.2) is 18.5 Å². The van der Waals surface area contributed by atoms with Crippen LogP contribution in [0.3, 0.4) is 0 Å². The summed E-state index contributed by atoms with van der Waals surface area (Å²) in [6.45, 7) is 9.43. The minimum absolute atomic E-state index is 0.369. The Kier molecular flexibility index (Phi) is 5.27. The van der Waals surface area contributed by atoms with Gasteiger partial charge in [-0.15, -0.1) is 0 Å². The lowest BCUT2D eigenvalue weighted by Gasteiger charge is -2.37. The van der Waals surface area contributed by atoms with Crippen LogP contribution in [0.2, 0.25) is 0 Å². The average Bonchev–Trinajstić information content (AvgIpc) is 2.98. The first-order valence-electron chi connectivity index (χ1n) is 8.78. The van der Waals surface area contributed by atoms with Gasteiger partial charge in [-0.1, -0.05) is 0 Å². The van der Waals surface area contributed by atoms with Crippen LogP contribution in [0.4, 0.5) is 10.5 Å². The standard InChI is InChI=1S/C18H27N3O4/c1-17(2,3)25-16(22)20-15-12-19-7-4-14(15)13-21-8-5-18(6-9-21)23-10-11-24-18/h4,7,12H,5-6,8-11,13H2,1-3H3,(H,20,22). The quantitative estimate of drug-likeness (QED) is 0.905. The summed E-state index contributed by atoms with van der Waals surface area (Å²) in [4.78, 5) is 18.5. The molecular formula is C18H27N3O4. The van der Waals surface area contributed by atoms with Gasteiger partial charge in [0.05, 0.1) is 25.1 Å². The summed E-state index contributed by atoms with van der Waals surface area (Å²) < 4.78 is 16.9. The molecule has 0 aliphatic carbocycles. The molecule has 3 rings (SSSR count). The Labute approximate surface area is 148 Å². The summed E-state index contributed by atoms with van der Waals surface area (Å²) in [5.74, 6) is -0.369. The van der Waals surface area contributed by atoms with Crippen LogP contribution in [-0.2, 0) is 20.8 Å². The number of carbonyl (C=O) groups is 1. The van der Waals surface area contributed by atoms with Gasteiger partial charge >= 0.3 is 6.09 Å². The Morgan fingerprint density at radius 1 is 1.32 bits per heavy atom. The highest BCUT2D eigenvalue weighted by molar-refractivity contribution is 5.85. The second kappa shape index (κ2) is 7.27. The predicted molar refractivity (Wildman–Crippen MR) is 93.2 cm³/mol. The van der Waals surface area contributed by atoms with Crippen molar-refractivity contribution < 1.29 is 19.0 Å². The number of rotatable bonds is 3. The summed E-state index contributed by atoms with van der Waals surface area (Å²) in [7, 11) is 0. The number of nitrogens with zero attached hydrogens (tertiary/aromatic N) is 2. The molecule has 1 aromatic heterocycles. The topological polar surface area (TPSA) is 72.9 Å². The first-order valence-corrected chi connectivity index (χ1v) is 8.78. The van der Waals surface area contributed by atoms with E-state index in [2.05, 4.69) is 15.2 Å². The first kappa shape index (κ1) is 18.1. The molecular weight excluding hydrogens is 322 g/mol. The number of likely N-dealkylation sites (tertiary alicyclic amines) is 1. The maximum Gasteiger partial charge on any atom is 0.412 e. The molecule has 0 aromatic carbocycles. The summed E-state index contributed by atoms with van der Waals surface area (Å²) in [5, 5.41) is 2.81. The minimum Gasteiger partial charge on any atom is -0.444 e. The summed E-state index contributed by atoms with van der Waals surface area (Å²) >= 11 is 0. The third-order valence-electron chi connectivity index (χ3n) is 4.37. The normalized spacial score (nSPS) is 20.6. The molecule has 0 bridgehead atoms. The molecule has 1 amide bonds. The van der Waals surface area contributed by atoms with E-state index < -0.39 is 11.7 Å². The van der Waals surface area contributed by atoms with Gasteiger partial charge in [0.1, 0.15) is 5.60 Å². The van der Waals surface area contributed by atoms with Gasteiger partial charge in [0.15, 0.2) is 5.79 Å². The van der Waals surface area contributed by atoms with Crippen LogP contribution < -0.4 is 5.32 Å². The maximum absolute atomic E-state index is 12.0. The molecule has 2 saturated heterocycles. The van der Waals surface area contributed by atoms with Crippen molar-refractivity contribution in [1.29, 1.82) is 0 Å². The minimum atomic E-state index is -0.533. The lowest BCUT2D eigenvalue weighted by Crippen LogP contribution is -2.44. The molecule has 138 valence electrons. The van der Waals surface area contributed by atoms with Crippen LogP contribution in [-0.4, -0.2) is 53.7 Å². The number of anilines is 1. The van der Waals surface area contributed by atoms with Gasteiger partial charge in [0.2, 0.25) is 0 Å². The molecule has 7 nitrogen and oxygen atoms in total. The summed E-state index contributed by atoms with van der Waals surface area (Å²) in [6.07, 6.45) is 4.67. The van der Waals surface area contributed by atoms with Gasteiger partial charge in [0, 0.05) is 38.7 Å². The van der Waals surface area contributed by atoms with Crippen molar-refractivity contribution in [3.63, 3.8) is 0 Å². The molecule has 2 aliphatic heterocycles. The third-order valence-corrected chi connectivity index (χ3v) is 4.37. The summed E-state index contributed by atoms with van der Waals surface area (Å²) in [5.41, 5.74) is 1.17. The van der Waals surface area contributed by atoms with Gasteiger partial charge in [0.25, 0.3) is 0 Å². The number of hydrogen-bond donors (Lipinski definition) is 1. The van der Waals surface area contributed by atoms with E-state index in [1.54, 1.807) is 12.4 Å². The lowest BCUT2D eigenvalue weighted by atomic mass is 10.0. The van der Waals surface area contributed by atoms with Gasteiger partial charge in [-0.05, 0) is 32.4 Å². The van der Waals surface area contributed by atoms with Gasteiger partial charge < -0.3 is 14.2 Å². The zero-order chi connectivity index (χ0) is 17.9. The summed E-state index contributed by atoms with van der Waals surface area (Å²) in [6, 6.07) is 1.93. The lowest BCUT2D eigenvalue weighted by molar-refractivity contribution is -0.185. The van der Waals surface area contributed by atoms with E-state index in [1.807, 2.05) is 26.8 Å². The van der Waals surface area contributed by atoms with Crippen molar-refractivity contribution in [3.8, 4) is 0 Å². The largest absolute Gasteiger partial charge is 0.444 e. The Balaban J connectivity index is 1.59. The smallest absolute Gasteiger partial charge is 0.412 e. The molecule has 1 N–H and O–H groups in total. The fourth-order valence-electron chi connectivity index (χ4n) is 3.17. The molecule has 0 atom stereocenters. The molecule has 2 aliphatic rings. The van der Waals surface area contributed by atoms with Crippen molar-refractivity contribution in [2.75, 3.05) is 31.6 Å². The number of amides is 1. The highest BCUT2D eigenvalue weighted by atomic mass is 16.7. The SMILES string of the molecule is CC(C)(C)OC(=O)Nc1cnccc1CN1CCC2(CC1)OCCO2. The Bertz CT molecular complexity index is 599.